The summed E-state index contributed by atoms with van der Waals surface area (Å²) >= 11 is 0. The minimum atomic E-state index is -0.388. The van der Waals surface area contributed by atoms with Gasteiger partial charge in [0.2, 0.25) is 0 Å². The fraction of sp³-hybridized carbons (Fsp3) is 0.778. The normalized spacial score (nSPS) is 12.7. The van der Waals surface area contributed by atoms with E-state index in [1.54, 1.807) is 12.1 Å². The maximum absolute atomic E-state index is 13.4. The van der Waals surface area contributed by atoms with Crippen molar-refractivity contribution >= 4 is 11.9 Å². The summed E-state index contributed by atoms with van der Waals surface area (Å²) in [6.07, 6.45) is 24.6. The van der Waals surface area contributed by atoms with Gasteiger partial charge in [-0.3, -0.25) is 0 Å². The summed E-state index contributed by atoms with van der Waals surface area (Å²) in [5.74, 6) is -0.777. The first-order chi connectivity index (χ1) is 19.6. The monoisotopic (exact) mass is 558 g/mol. The Labute approximate surface area is 247 Å². The molecule has 0 bridgehead atoms. The van der Waals surface area contributed by atoms with E-state index in [-0.39, 0.29) is 24.1 Å². The maximum Gasteiger partial charge on any atom is 0.339 e. The number of hydrogen-bond acceptors (Lipinski definition) is 4. The van der Waals surface area contributed by atoms with Crippen molar-refractivity contribution in [3.8, 4) is 0 Å². The fourth-order valence-corrected chi connectivity index (χ4v) is 5.34. The minimum Gasteiger partial charge on any atom is -0.459 e. The number of esters is 2. The fourth-order valence-electron chi connectivity index (χ4n) is 5.34. The molecule has 0 saturated carbocycles. The zero-order valence-corrected chi connectivity index (χ0v) is 26.7. The molecule has 0 spiro atoms. The number of ether oxygens (including phenoxy) is 2. The van der Waals surface area contributed by atoms with Gasteiger partial charge >= 0.3 is 11.9 Å². The predicted molar refractivity (Wildman–Crippen MR) is 169 cm³/mol. The molecule has 0 heterocycles. The first-order valence-electron chi connectivity index (χ1n) is 17.1. The first-order valence-corrected chi connectivity index (χ1v) is 17.1. The highest BCUT2D eigenvalue weighted by Crippen LogP contribution is 2.22. The van der Waals surface area contributed by atoms with Crippen molar-refractivity contribution < 1.29 is 19.1 Å². The van der Waals surface area contributed by atoms with Crippen LogP contribution in [0.2, 0.25) is 0 Å². The van der Waals surface area contributed by atoms with Crippen LogP contribution in [-0.4, -0.2) is 24.1 Å². The lowest BCUT2D eigenvalue weighted by atomic mass is 10.0. The molecule has 0 saturated heterocycles. The predicted octanol–water partition coefficient (Wildman–Crippen LogP) is 11.4. The smallest absolute Gasteiger partial charge is 0.339 e. The molecule has 0 N–H and O–H groups in total. The van der Waals surface area contributed by atoms with E-state index in [1.165, 1.54) is 89.9 Å². The second kappa shape index (κ2) is 24.9. The summed E-state index contributed by atoms with van der Waals surface area (Å²) < 4.78 is 12.1. The summed E-state index contributed by atoms with van der Waals surface area (Å²) in [5.41, 5.74) is 0.675. The van der Waals surface area contributed by atoms with Gasteiger partial charge < -0.3 is 9.47 Å². The van der Waals surface area contributed by atoms with Crippen molar-refractivity contribution in [1.29, 1.82) is 0 Å². The first kappa shape index (κ1) is 36.2. The Morgan fingerprint density at radius 1 is 0.475 bits per heavy atom. The largest absolute Gasteiger partial charge is 0.459 e. The summed E-state index contributed by atoms with van der Waals surface area (Å²) in [4.78, 5) is 26.8. The van der Waals surface area contributed by atoms with Crippen LogP contribution >= 0.6 is 0 Å². The molecule has 1 aromatic carbocycles. The molecule has 230 valence electrons. The number of benzene rings is 1. The number of rotatable bonds is 26. The Morgan fingerprint density at radius 2 is 0.750 bits per heavy atom. The van der Waals surface area contributed by atoms with E-state index in [0.29, 0.717) is 11.1 Å². The average Bonchev–Trinajstić information content (AvgIpc) is 2.96. The van der Waals surface area contributed by atoms with Gasteiger partial charge in [-0.25, -0.2) is 9.59 Å². The van der Waals surface area contributed by atoms with E-state index in [2.05, 4.69) is 27.7 Å². The second-order valence-electron chi connectivity index (χ2n) is 11.7. The van der Waals surface area contributed by atoms with E-state index < -0.39 is 0 Å². The molecular weight excluding hydrogens is 496 g/mol. The molecule has 0 aliphatic heterocycles. The standard InChI is InChI=1S/C36H62O4/c1-5-9-13-17-21-27-31(25-19-15-11-7-3)39-35(37)33-29-23-24-30-34(33)36(38)40-32(26-20-16-12-8-4)28-22-18-14-10-6-2/h23-24,29-32H,5-22,25-28H2,1-4H3. The Balaban J connectivity index is 2.85. The Kier molecular flexibility index (Phi) is 22.5. The van der Waals surface area contributed by atoms with Crippen LogP contribution in [0, 0.1) is 0 Å². The molecule has 0 aromatic heterocycles. The Bertz CT molecular complexity index is 696. The van der Waals surface area contributed by atoms with Crippen LogP contribution in [0.3, 0.4) is 0 Å². The van der Waals surface area contributed by atoms with Crippen LogP contribution in [0.1, 0.15) is 190 Å². The minimum absolute atomic E-state index is 0.0931. The lowest BCUT2D eigenvalue weighted by molar-refractivity contribution is 0.0201. The third-order valence-corrected chi connectivity index (χ3v) is 7.93. The summed E-state index contributed by atoms with van der Waals surface area (Å²) in [5, 5.41) is 0. The van der Waals surface area contributed by atoms with E-state index in [9.17, 15) is 9.59 Å². The average molecular weight is 559 g/mol. The Hall–Kier alpha value is -1.84. The van der Waals surface area contributed by atoms with Crippen molar-refractivity contribution in [3.63, 3.8) is 0 Å². The van der Waals surface area contributed by atoms with Crippen molar-refractivity contribution in [2.75, 3.05) is 0 Å². The topological polar surface area (TPSA) is 52.6 Å². The zero-order chi connectivity index (χ0) is 29.3. The lowest BCUT2D eigenvalue weighted by Crippen LogP contribution is -2.23. The summed E-state index contributed by atoms with van der Waals surface area (Å²) in [7, 11) is 0. The van der Waals surface area contributed by atoms with Crippen LogP contribution in [0.15, 0.2) is 24.3 Å². The van der Waals surface area contributed by atoms with Crippen molar-refractivity contribution in [3.05, 3.63) is 35.4 Å². The highest BCUT2D eigenvalue weighted by molar-refractivity contribution is 6.03. The highest BCUT2D eigenvalue weighted by atomic mass is 16.5. The van der Waals surface area contributed by atoms with Crippen molar-refractivity contribution in [2.24, 2.45) is 0 Å². The molecule has 4 nitrogen and oxygen atoms in total. The maximum atomic E-state index is 13.4. The van der Waals surface area contributed by atoms with E-state index in [1.807, 2.05) is 12.1 Å². The third-order valence-electron chi connectivity index (χ3n) is 7.93. The van der Waals surface area contributed by atoms with Crippen LogP contribution in [0.25, 0.3) is 0 Å². The Morgan fingerprint density at radius 3 is 1.05 bits per heavy atom. The molecular formula is C36H62O4. The van der Waals surface area contributed by atoms with Gasteiger partial charge in [0, 0.05) is 0 Å². The van der Waals surface area contributed by atoms with Gasteiger partial charge in [-0.2, -0.15) is 0 Å². The highest BCUT2D eigenvalue weighted by Gasteiger charge is 2.24. The number of unbranched alkanes of at least 4 members (excludes halogenated alkanes) is 14. The van der Waals surface area contributed by atoms with Gasteiger partial charge in [-0.05, 0) is 63.5 Å². The van der Waals surface area contributed by atoms with Gasteiger partial charge in [-0.1, -0.05) is 130 Å². The van der Waals surface area contributed by atoms with Crippen LogP contribution in [0.5, 0.6) is 0 Å². The van der Waals surface area contributed by atoms with Gasteiger partial charge in [-0.15, -0.1) is 0 Å². The number of carbonyl (C=O) groups excluding carboxylic acids is 2. The summed E-state index contributed by atoms with van der Waals surface area (Å²) in [6, 6.07) is 7.05. The molecule has 40 heavy (non-hydrogen) atoms. The molecule has 0 aliphatic carbocycles. The van der Waals surface area contributed by atoms with E-state index in [4.69, 9.17) is 9.47 Å². The zero-order valence-electron chi connectivity index (χ0n) is 26.7. The van der Waals surface area contributed by atoms with Crippen LogP contribution in [-0.2, 0) is 9.47 Å². The van der Waals surface area contributed by atoms with E-state index >= 15 is 0 Å². The number of hydrogen-bond donors (Lipinski definition) is 0. The molecule has 0 amide bonds. The third kappa shape index (κ3) is 17.1. The molecule has 0 fully saturated rings. The summed E-state index contributed by atoms with van der Waals surface area (Å²) in [6.45, 7) is 8.87. The molecule has 1 rings (SSSR count). The van der Waals surface area contributed by atoms with Gasteiger partial charge in [0.05, 0.1) is 11.1 Å². The van der Waals surface area contributed by atoms with Crippen LogP contribution in [0.4, 0.5) is 0 Å². The molecule has 1 aromatic rings. The quantitative estimate of drug-likeness (QED) is 0.0838. The molecule has 2 atom stereocenters. The van der Waals surface area contributed by atoms with Gasteiger partial charge in [0.15, 0.2) is 0 Å². The molecule has 0 radical (unpaired) electrons. The molecule has 2 unspecified atom stereocenters. The number of carbonyl (C=O) groups is 2. The molecule has 4 heteroatoms. The lowest BCUT2D eigenvalue weighted by Gasteiger charge is -2.21. The molecule has 0 aliphatic rings. The van der Waals surface area contributed by atoms with Gasteiger partial charge in [0.1, 0.15) is 12.2 Å². The second-order valence-corrected chi connectivity index (χ2v) is 11.7. The van der Waals surface area contributed by atoms with Gasteiger partial charge in [0.25, 0.3) is 0 Å². The van der Waals surface area contributed by atoms with Crippen LogP contribution < -0.4 is 0 Å². The van der Waals surface area contributed by atoms with E-state index in [0.717, 1.165) is 51.4 Å². The van der Waals surface area contributed by atoms with Crippen molar-refractivity contribution in [2.45, 2.75) is 181 Å². The van der Waals surface area contributed by atoms with Crippen molar-refractivity contribution in [1.82, 2.24) is 0 Å². The SMILES string of the molecule is CCCCCCCC(CCCCCC)OC(=O)c1ccccc1C(=O)OC(CCCCCC)CCCCCCC.